The van der Waals surface area contributed by atoms with Crippen molar-refractivity contribution < 1.29 is 19.3 Å². The highest BCUT2D eigenvalue weighted by molar-refractivity contribution is 5.44. The Hall–Kier alpha value is -2.08. The molecule has 0 saturated heterocycles. The van der Waals surface area contributed by atoms with Crippen LogP contribution >= 0.6 is 0 Å². The van der Waals surface area contributed by atoms with E-state index in [4.69, 9.17) is 14.2 Å². The number of fused-ring (bicyclic) bond motifs is 1. The van der Waals surface area contributed by atoms with Gasteiger partial charge in [0.1, 0.15) is 0 Å². The Kier molecular flexibility index (Phi) is 6.72. The first-order valence-electron chi connectivity index (χ1n) is 9.46. The Morgan fingerprint density at radius 1 is 1.07 bits per heavy atom. The molecule has 0 unspecified atom stereocenters. The van der Waals surface area contributed by atoms with Gasteiger partial charge in [0.2, 0.25) is 6.79 Å². The van der Waals surface area contributed by atoms with Gasteiger partial charge in [-0.25, -0.2) is 0 Å². The monoisotopic (exact) mass is 371 g/mol. The number of aliphatic hydroxyl groups is 1. The van der Waals surface area contributed by atoms with E-state index < -0.39 is 6.10 Å². The van der Waals surface area contributed by atoms with E-state index in [2.05, 4.69) is 36.1 Å². The zero-order valence-corrected chi connectivity index (χ0v) is 16.4. The topological polar surface area (TPSA) is 51.2 Å². The van der Waals surface area contributed by atoms with Crippen molar-refractivity contribution in [3.05, 3.63) is 59.2 Å². The van der Waals surface area contributed by atoms with Gasteiger partial charge in [0, 0.05) is 19.6 Å². The second-order valence-corrected chi connectivity index (χ2v) is 7.32. The van der Waals surface area contributed by atoms with E-state index in [0.717, 1.165) is 23.6 Å². The molecule has 0 amide bonds. The van der Waals surface area contributed by atoms with Gasteiger partial charge in [0.05, 0.1) is 18.8 Å². The van der Waals surface area contributed by atoms with Crippen LogP contribution < -0.4 is 9.47 Å². The standard InChI is InChI=1S/C22H29NO4/c1-16(2)25-14-20(24)13-23(12-19-7-5-4-6-17(19)3)11-18-8-9-21-22(10-18)27-15-26-21/h4-10,16,20,24H,11-15H2,1-3H3/t20-/m1/s1. The predicted octanol–water partition coefficient (Wildman–Crippen LogP) is 3.51. The van der Waals surface area contributed by atoms with Gasteiger partial charge in [-0.1, -0.05) is 30.3 Å². The summed E-state index contributed by atoms with van der Waals surface area (Å²) in [6.07, 6.45) is -0.427. The first-order valence-corrected chi connectivity index (χ1v) is 9.46. The van der Waals surface area contributed by atoms with E-state index in [1.54, 1.807) is 0 Å². The summed E-state index contributed by atoms with van der Waals surface area (Å²) in [5.74, 6) is 1.57. The van der Waals surface area contributed by atoms with Crippen molar-refractivity contribution in [2.24, 2.45) is 0 Å². The third-order valence-corrected chi connectivity index (χ3v) is 4.59. The van der Waals surface area contributed by atoms with Crippen molar-refractivity contribution in [2.45, 2.75) is 46.1 Å². The molecule has 5 nitrogen and oxygen atoms in total. The highest BCUT2D eigenvalue weighted by Gasteiger charge is 2.17. The van der Waals surface area contributed by atoms with Crippen molar-refractivity contribution in [3.8, 4) is 11.5 Å². The maximum Gasteiger partial charge on any atom is 0.231 e. The molecule has 0 spiro atoms. The van der Waals surface area contributed by atoms with Crippen LogP contribution in [0.4, 0.5) is 0 Å². The van der Waals surface area contributed by atoms with Gasteiger partial charge in [-0.3, -0.25) is 4.90 Å². The zero-order valence-electron chi connectivity index (χ0n) is 16.4. The van der Waals surface area contributed by atoms with E-state index in [-0.39, 0.29) is 12.9 Å². The van der Waals surface area contributed by atoms with Gasteiger partial charge < -0.3 is 19.3 Å². The van der Waals surface area contributed by atoms with E-state index >= 15 is 0 Å². The second-order valence-electron chi connectivity index (χ2n) is 7.32. The average molecular weight is 371 g/mol. The summed E-state index contributed by atoms with van der Waals surface area (Å²) < 4.78 is 16.5. The summed E-state index contributed by atoms with van der Waals surface area (Å²) in [5, 5.41) is 10.4. The number of benzene rings is 2. The average Bonchev–Trinajstić information content (AvgIpc) is 3.09. The number of nitrogens with zero attached hydrogens (tertiary/aromatic N) is 1. The van der Waals surface area contributed by atoms with Crippen LogP contribution in [0.3, 0.4) is 0 Å². The highest BCUT2D eigenvalue weighted by Crippen LogP contribution is 2.33. The normalized spacial score (nSPS) is 14.1. The maximum atomic E-state index is 10.4. The summed E-state index contributed by atoms with van der Waals surface area (Å²) >= 11 is 0. The van der Waals surface area contributed by atoms with Crippen LogP contribution in [0.15, 0.2) is 42.5 Å². The number of hydrogen-bond donors (Lipinski definition) is 1. The van der Waals surface area contributed by atoms with E-state index in [1.165, 1.54) is 11.1 Å². The molecule has 146 valence electrons. The van der Waals surface area contributed by atoms with Gasteiger partial charge in [-0.15, -0.1) is 0 Å². The molecule has 1 atom stereocenters. The van der Waals surface area contributed by atoms with E-state index in [1.807, 2.05) is 32.0 Å². The predicted molar refractivity (Wildman–Crippen MR) is 105 cm³/mol. The molecule has 0 bridgehead atoms. The Morgan fingerprint density at radius 3 is 2.63 bits per heavy atom. The molecule has 0 radical (unpaired) electrons. The van der Waals surface area contributed by atoms with Crippen LogP contribution in [-0.4, -0.2) is 42.2 Å². The number of rotatable bonds is 9. The van der Waals surface area contributed by atoms with Crippen LogP contribution in [0.1, 0.15) is 30.5 Å². The minimum Gasteiger partial charge on any atom is -0.454 e. The van der Waals surface area contributed by atoms with Crippen molar-refractivity contribution in [1.29, 1.82) is 0 Å². The fourth-order valence-corrected chi connectivity index (χ4v) is 3.17. The van der Waals surface area contributed by atoms with Crippen LogP contribution in [0.2, 0.25) is 0 Å². The van der Waals surface area contributed by atoms with E-state index in [9.17, 15) is 5.11 Å². The fraction of sp³-hybridized carbons (Fsp3) is 0.455. The molecule has 1 heterocycles. The zero-order chi connectivity index (χ0) is 19.2. The van der Waals surface area contributed by atoms with Gasteiger partial charge in [0.25, 0.3) is 0 Å². The number of aliphatic hydroxyl groups excluding tert-OH is 1. The smallest absolute Gasteiger partial charge is 0.231 e. The Labute approximate surface area is 161 Å². The van der Waals surface area contributed by atoms with Gasteiger partial charge >= 0.3 is 0 Å². The second kappa shape index (κ2) is 9.22. The fourth-order valence-electron chi connectivity index (χ4n) is 3.17. The molecule has 0 fully saturated rings. The lowest BCUT2D eigenvalue weighted by atomic mass is 10.1. The van der Waals surface area contributed by atoms with E-state index in [0.29, 0.717) is 19.7 Å². The molecule has 3 rings (SSSR count). The molecule has 0 saturated carbocycles. The Balaban J connectivity index is 1.71. The van der Waals surface area contributed by atoms with Crippen molar-refractivity contribution in [2.75, 3.05) is 19.9 Å². The Bertz CT molecular complexity index is 747. The Morgan fingerprint density at radius 2 is 1.85 bits per heavy atom. The molecule has 5 heteroatoms. The minimum absolute atomic E-state index is 0.110. The third kappa shape index (κ3) is 5.70. The molecule has 27 heavy (non-hydrogen) atoms. The molecule has 1 aliphatic rings. The molecule has 0 aromatic heterocycles. The lowest BCUT2D eigenvalue weighted by Gasteiger charge is -2.26. The lowest BCUT2D eigenvalue weighted by Crippen LogP contribution is -2.35. The van der Waals surface area contributed by atoms with Crippen molar-refractivity contribution in [1.82, 2.24) is 4.90 Å². The first-order chi connectivity index (χ1) is 13.0. The van der Waals surface area contributed by atoms with Gasteiger partial charge in [-0.2, -0.15) is 0 Å². The highest BCUT2D eigenvalue weighted by atomic mass is 16.7. The number of hydrogen-bond acceptors (Lipinski definition) is 5. The quantitative estimate of drug-likeness (QED) is 0.731. The van der Waals surface area contributed by atoms with Crippen molar-refractivity contribution >= 4 is 0 Å². The lowest BCUT2D eigenvalue weighted by molar-refractivity contribution is -0.0107. The molecular formula is C22H29NO4. The molecule has 1 N–H and O–H groups in total. The van der Waals surface area contributed by atoms with Gasteiger partial charge in [-0.05, 0) is 49.6 Å². The largest absolute Gasteiger partial charge is 0.454 e. The number of aryl methyl sites for hydroxylation is 1. The summed E-state index contributed by atoms with van der Waals surface area (Å²) in [4.78, 5) is 2.24. The molecule has 1 aliphatic heterocycles. The van der Waals surface area contributed by atoms with Crippen LogP contribution in [0.25, 0.3) is 0 Å². The SMILES string of the molecule is Cc1ccccc1CN(Cc1ccc2c(c1)OCO2)C[C@@H](O)COC(C)C. The first kappa shape index (κ1) is 19.7. The van der Waals surface area contributed by atoms with Crippen LogP contribution in [0, 0.1) is 6.92 Å². The van der Waals surface area contributed by atoms with Crippen LogP contribution in [-0.2, 0) is 17.8 Å². The number of ether oxygens (including phenoxy) is 3. The third-order valence-electron chi connectivity index (χ3n) is 4.59. The summed E-state index contributed by atoms with van der Waals surface area (Å²) in [7, 11) is 0. The van der Waals surface area contributed by atoms with Gasteiger partial charge in [0.15, 0.2) is 11.5 Å². The summed E-state index contributed by atoms with van der Waals surface area (Å²) in [5.41, 5.74) is 3.64. The molecular weight excluding hydrogens is 342 g/mol. The van der Waals surface area contributed by atoms with Crippen molar-refractivity contribution in [3.63, 3.8) is 0 Å². The summed E-state index contributed by atoms with van der Waals surface area (Å²) in [6.45, 7) is 8.69. The maximum absolute atomic E-state index is 10.4. The minimum atomic E-state index is -0.537. The molecule has 2 aromatic carbocycles. The van der Waals surface area contributed by atoms with Crippen LogP contribution in [0.5, 0.6) is 11.5 Å². The molecule has 2 aromatic rings. The summed E-state index contributed by atoms with van der Waals surface area (Å²) in [6, 6.07) is 14.4. The molecule has 0 aliphatic carbocycles.